The van der Waals surface area contributed by atoms with Gasteiger partial charge in [-0.1, -0.05) is 0 Å². The number of carbonyl (C=O) groups excluding carboxylic acids is 3. The van der Waals surface area contributed by atoms with Crippen LogP contribution in [0.1, 0.15) is 13.3 Å². The van der Waals surface area contributed by atoms with E-state index in [0.29, 0.717) is 0 Å². The van der Waals surface area contributed by atoms with E-state index in [-0.39, 0.29) is 12.2 Å². The Labute approximate surface area is 90.9 Å². The van der Waals surface area contributed by atoms with E-state index in [2.05, 4.69) is 4.74 Å². The van der Waals surface area contributed by atoms with Crippen molar-refractivity contribution in [2.45, 2.75) is 25.1 Å². The second-order valence-electron chi connectivity index (χ2n) is 4.08. The minimum Gasteiger partial charge on any atom is -0.467 e. The topological polar surface area (TPSA) is 69.7 Å². The third-order valence-electron chi connectivity index (χ3n) is 3.15. The molecule has 0 aliphatic heterocycles. The van der Waals surface area contributed by atoms with E-state index >= 15 is 0 Å². The fraction of sp³-hybridized carbons (Fsp3) is 0.700. The molecule has 2 rings (SSSR count). The molecule has 0 amide bonds. The number of halogens is 1. The first-order valence-electron chi connectivity index (χ1n) is 4.90. The Balaban J connectivity index is 2.17. The van der Waals surface area contributed by atoms with E-state index < -0.39 is 35.5 Å². The SMILES string of the molecule is COC(=O)[C@]1(F)[C@@H]2[C@H]1C(=O)C[C@H]2OC(C)=O. The van der Waals surface area contributed by atoms with Crippen LogP contribution in [0.15, 0.2) is 0 Å². The predicted molar refractivity (Wildman–Crippen MR) is 48.0 cm³/mol. The van der Waals surface area contributed by atoms with Crippen molar-refractivity contribution >= 4 is 17.7 Å². The molecule has 2 fully saturated rings. The minimum absolute atomic E-state index is 0.0163. The van der Waals surface area contributed by atoms with Crippen LogP contribution >= 0.6 is 0 Å². The monoisotopic (exact) mass is 230 g/mol. The zero-order valence-corrected chi connectivity index (χ0v) is 8.86. The lowest BCUT2D eigenvalue weighted by atomic mass is 10.1. The van der Waals surface area contributed by atoms with Gasteiger partial charge in [-0.05, 0) is 0 Å². The average molecular weight is 230 g/mol. The molecule has 0 spiro atoms. The van der Waals surface area contributed by atoms with Crippen LogP contribution in [0.3, 0.4) is 0 Å². The molecule has 0 bridgehead atoms. The van der Waals surface area contributed by atoms with E-state index in [9.17, 15) is 18.8 Å². The zero-order valence-electron chi connectivity index (χ0n) is 8.86. The molecule has 6 heteroatoms. The van der Waals surface area contributed by atoms with Gasteiger partial charge in [0.25, 0.3) is 0 Å². The normalized spacial score (nSPS) is 40.2. The molecular formula is C10H11FO5. The van der Waals surface area contributed by atoms with Crippen LogP contribution < -0.4 is 0 Å². The molecule has 2 aliphatic rings. The van der Waals surface area contributed by atoms with Gasteiger partial charge < -0.3 is 9.47 Å². The lowest BCUT2D eigenvalue weighted by Gasteiger charge is -2.15. The number of hydrogen-bond donors (Lipinski definition) is 0. The molecule has 0 aromatic carbocycles. The maximum absolute atomic E-state index is 14.1. The molecule has 2 saturated carbocycles. The van der Waals surface area contributed by atoms with Gasteiger partial charge in [0, 0.05) is 13.3 Å². The Morgan fingerprint density at radius 1 is 1.50 bits per heavy atom. The van der Waals surface area contributed by atoms with E-state index in [1.54, 1.807) is 0 Å². The first kappa shape index (κ1) is 11.0. The predicted octanol–water partition coefficient (Wildman–Crippen LogP) is 0.0182. The fourth-order valence-electron chi connectivity index (χ4n) is 2.50. The van der Waals surface area contributed by atoms with Crippen molar-refractivity contribution in [2.24, 2.45) is 11.8 Å². The Morgan fingerprint density at radius 2 is 2.12 bits per heavy atom. The van der Waals surface area contributed by atoms with Gasteiger partial charge in [0.2, 0.25) is 5.67 Å². The number of alkyl halides is 1. The first-order valence-corrected chi connectivity index (χ1v) is 4.90. The molecule has 0 heterocycles. The Morgan fingerprint density at radius 3 is 2.62 bits per heavy atom. The summed E-state index contributed by atoms with van der Waals surface area (Å²) in [6.45, 7) is 1.18. The summed E-state index contributed by atoms with van der Waals surface area (Å²) in [5.41, 5.74) is -2.29. The van der Waals surface area contributed by atoms with Gasteiger partial charge in [-0.3, -0.25) is 9.59 Å². The lowest BCUT2D eigenvalue weighted by Crippen LogP contribution is -2.32. The molecule has 0 unspecified atom stereocenters. The summed E-state index contributed by atoms with van der Waals surface area (Å²) in [6, 6.07) is 0. The second-order valence-corrected chi connectivity index (χ2v) is 4.08. The number of esters is 2. The minimum atomic E-state index is -2.29. The van der Waals surface area contributed by atoms with Gasteiger partial charge >= 0.3 is 11.9 Å². The smallest absolute Gasteiger partial charge is 0.344 e. The van der Waals surface area contributed by atoms with E-state index in [1.165, 1.54) is 6.92 Å². The highest BCUT2D eigenvalue weighted by Gasteiger charge is 2.81. The number of fused-ring (bicyclic) bond motifs is 1. The summed E-state index contributed by atoms with van der Waals surface area (Å²) in [7, 11) is 1.06. The summed E-state index contributed by atoms with van der Waals surface area (Å²) in [5.74, 6) is -3.89. The number of Topliss-reactive ketones (excluding diaryl/α,β-unsaturated/α-hetero) is 1. The summed E-state index contributed by atoms with van der Waals surface area (Å²) in [5, 5.41) is 0. The third kappa shape index (κ3) is 1.25. The number of methoxy groups -OCH3 is 1. The van der Waals surface area contributed by atoms with Crippen LogP contribution in [0.25, 0.3) is 0 Å². The summed E-state index contributed by atoms with van der Waals surface area (Å²) in [6.07, 6.45) is -0.850. The van der Waals surface area contributed by atoms with Gasteiger partial charge in [-0.2, -0.15) is 0 Å². The molecule has 0 N–H and O–H groups in total. The van der Waals surface area contributed by atoms with Crippen molar-refractivity contribution in [2.75, 3.05) is 7.11 Å². The first-order chi connectivity index (χ1) is 7.42. The van der Waals surface area contributed by atoms with Crippen molar-refractivity contribution in [1.82, 2.24) is 0 Å². The summed E-state index contributed by atoms with van der Waals surface area (Å²) >= 11 is 0. The lowest BCUT2D eigenvalue weighted by molar-refractivity contribution is -0.156. The van der Waals surface area contributed by atoms with E-state index in [0.717, 1.165) is 7.11 Å². The van der Waals surface area contributed by atoms with Crippen LogP contribution in [-0.4, -0.2) is 36.6 Å². The van der Waals surface area contributed by atoms with Crippen molar-refractivity contribution < 1.29 is 28.2 Å². The number of ether oxygens (including phenoxy) is 2. The Kier molecular flexibility index (Phi) is 2.25. The highest BCUT2D eigenvalue weighted by atomic mass is 19.1. The van der Waals surface area contributed by atoms with Crippen molar-refractivity contribution in [3.63, 3.8) is 0 Å². The van der Waals surface area contributed by atoms with Gasteiger partial charge in [0.1, 0.15) is 11.9 Å². The van der Waals surface area contributed by atoms with E-state index in [4.69, 9.17) is 4.74 Å². The van der Waals surface area contributed by atoms with Crippen molar-refractivity contribution in [3.05, 3.63) is 0 Å². The van der Waals surface area contributed by atoms with Gasteiger partial charge in [-0.25, -0.2) is 9.18 Å². The molecular weight excluding hydrogens is 219 g/mol. The third-order valence-corrected chi connectivity index (χ3v) is 3.15. The van der Waals surface area contributed by atoms with Crippen LogP contribution in [0.2, 0.25) is 0 Å². The van der Waals surface area contributed by atoms with Crippen LogP contribution in [0, 0.1) is 11.8 Å². The van der Waals surface area contributed by atoms with E-state index in [1.807, 2.05) is 0 Å². The summed E-state index contributed by atoms with van der Waals surface area (Å²) in [4.78, 5) is 33.3. The molecule has 16 heavy (non-hydrogen) atoms. The molecule has 0 aromatic heterocycles. The zero-order chi connectivity index (χ0) is 12.1. The molecule has 88 valence electrons. The van der Waals surface area contributed by atoms with Crippen LogP contribution in [-0.2, 0) is 23.9 Å². The largest absolute Gasteiger partial charge is 0.467 e. The van der Waals surface area contributed by atoms with Crippen molar-refractivity contribution in [3.8, 4) is 0 Å². The standard InChI is InChI=1S/C10H11FO5/c1-4(12)16-6-3-5(13)7-8(6)10(7,11)9(14)15-2/h6-8H,3H2,1-2H3/t6-,7-,8+,10-/m1/s1. The fourth-order valence-corrected chi connectivity index (χ4v) is 2.50. The molecule has 4 atom stereocenters. The number of ketones is 1. The Bertz CT molecular complexity index is 379. The number of hydrogen-bond acceptors (Lipinski definition) is 5. The number of rotatable bonds is 2. The Hall–Kier alpha value is -1.46. The second kappa shape index (κ2) is 3.26. The van der Waals surface area contributed by atoms with Gasteiger partial charge in [-0.15, -0.1) is 0 Å². The average Bonchev–Trinajstić information content (AvgIpc) is 2.69. The maximum atomic E-state index is 14.1. The highest BCUT2D eigenvalue weighted by molar-refractivity contribution is 6.01. The number of carbonyl (C=O) groups is 3. The molecule has 2 aliphatic carbocycles. The molecule has 0 radical (unpaired) electrons. The summed E-state index contributed by atoms with van der Waals surface area (Å²) < 4.78 is 23.2. The van der Waals surface area contributed by atoms with Crippen LogP contribution in [0.4, 0.5) is 4.39 Å². The van der Waals surface area contributed by atoms with Crippen LogP contribution in [0.5, 0.6) is 0 Å². The highest BCUT2D eigenvalue weighted by Crippen LogP contribution is 2.62. The molecule has 0 aromatic rings. The van der Waals surface area contributed by atoms with Crippen molar-refractivity contribution in [1.29, 1.82) is 0 Å². The van der Waals surface area contributed by atoms with Gasteiger partial charge in [0.15, 0.2) is 0 Å². The quantitative estimate of drug-likeness (QED) is 0.625. The molecule has 5 nitrogen and oxygen atoms in total. The maximum Gasteiger partial charge on any atom is 0.344 e. The molecule has 0 saturated heterocycles. The van der Waals surface area contributed by atoms with Gasteiger partial charge in [0.05, 0.1) is 18.9 Å².